The molecule has 0 unspecified atom stereocenters. The number of rotatable bonds is 5. The van der Waals surface area contributed by atoms with Crippen LogP contribution in [-0.2, 0) is 6.42 Å². The number of aliphatic imine (C=N–C) groups is 1. The first-order chi connectivity index (χ1) is 7.76. The van der Waals surface area contributed by atoms with Crippen molar-refractivity contribution in [1.29, 1.82) is 0 Å². The summed E-state index contributed by atoms with van der Waals surface area (Å²) in [7, 11) is 3.64. The molecule has 0 amide bonds. The van der Waals surface area contributed by atoms with Gasteiger partial charge in [0.2, 0.25) is 0 Å². The van der Waals surface area contributed by atoms with E-state index in [1.807, 2.05) is 14.0 Å². The third-order valence-electron chi connectivity index (χ3n) is 2.24. The van der Waals surface area contributed by atoms with Crippen molar-refractivity contribution in [1.82, 2.24) is 15.6 Å². The van der Waals surface area contributed by atoms with Crippen molar-refractivity contribution in [3.8, 4) is 0 Å². The normalized spacial score (nSPS) is 10.9. The molecule has 2 N–H and O–H groups in total. The Hall–Kier alpha value is -0.370. The molecular formula is C11H21IN4S. The molecule has 1 aromatic heterocycles. The molecule has 1 rings (SSSR count). The Morgan fingerprint density at radius 1 is 1.47 bits per heavy atom. The summed E-state index contributed by atoms with van der Waals surface area (Å²) in [6.07, 6.45) is 3.39. The molecule has 0 aliphatic rings. The van der Waals surface area contributed by atoms with Gasteiger partial charge >= 0.3 is 0 Å². The number of nitrogens with zero attached hydrogens (tertiary/aromatic N) is 2. The van der Waals surface area contributed by atoms with Crippen LogP contribution >= 0.6 is 35.3 Å². The first kappa shape index (κ1) is 16.6. The summed E-state index contributed by atoms with van der Waals surface area (Å²) in [6.45, 7) is 3.00. The van der Waals surface area contributed by atoms with Gasteiger partial charge in [0.1, 0.15) is 0 Å². The molecule has 6 heteroatoms. The fourth-order valence-electron chi connectivity index (χ4n) is 1.40. The molecule has 0 aromatic carbocycles. The van der Waals surface area contributed by atoms with Gasteiger partial charge in [-0.05, 0) is 26.2 Å². The molecule has 0 saturated heterocycles. The zero-order valence-corrected chi connectivity index (χ0v) is 13.8. The van der Waals surface area contributed by atoms with Crippen LogP contribution in [0.25, 0.3) is 0 Å². The van der Waals surface area contributed by atoms with E-state index in [9.17, 15) is 0 Å². The van der Waals surface area contributed by atoms with Gasteiger partial charge in [-0.15, -0.1) is 35.3 Å². The lowest BCUT2D eigenvalue weighted by molar-refractivity contribution is 0.698. The van der Waals surface area contributed by atoms with Gasteiger partial charge in [0.25, 0.3) is 0 Å². The molecule has 0 aliphatic heterocycles. The zero-order valence-electron chi connectivity index (χ0n) is 10.6. The van der Waals surface area contributed by atoms with Crippen LogP contribution in [-0.4, -0.2) is 31.6 Å². The van der Waals surface area contributed by atoms with Crippen molar-refractivity contribution in [3.63, 3.8) is 0 Å². The number of thiazole rings is 1. The third-order valence-corrected chi connectivity index (χ3v) is 3.26. The van der Waals surface area contributed by atoms with E-state index >= 15 is 0 Å². The van der Waals surface area contributed by atoms with E-state index in [4.69, 9.17) is 0 Å². The second-order valence-electron chi connectivity index (χ2n) is 3.59. The molecule has 1 aromatic rings. The Kier molecular flexibility index (Phi) is 9.43. The van der Waals surface area contributed by atoms with Crippen LogP contribution < -0.4 is 10.6 Å². The van der Waals surface area contributed by atoms with Crippen molar-refractivity contribution < 1.29 is 0 Å². The number of unbranched alkanes of at least 4 members (excludes halogenated alkanes) is 1. The van der Waals surface area contributed by atoms with Crippen molar-refractivity contribution in [2.24, 2.45) is 4.99 Å². The minimum absolute atomic E-state index is 0. The average Bonchev–Trinajstić information content (AvgIpc) is 2.70. The summed E-state index contributed by atoms with van der Waals surface area (Å²) in [4.78, 5) is 8.49. The Balaban J connectivity index is 0.00000256. The summed E-state index contributed by atoms with van der Waals surface area (Å²) in [5.74, 6) is 0.852. The Morgan fingerprint density at radius 2 is 2.24 bits per heavy atom. The van der Waals surface area contributed by atoms with Crippen molar-refractivity contribution in [3.05, 3.63) is 16.1 Å². The van der Waals surface area contributed by atoms with E-state index in [1.165, 1.54) is 11.4 Å². The zero-order chi connectivity index (χ0) is 11.8. The molecule has 0 spiro atoms. The summed E-state index contributed by atoms with van der Waals surface area (Å²) < 4.78 is 0. The van der Waals surface area contributed by atoms with Crippen molar-refractivity contribution in [2.75, 3.05) is 20.6 Å². The Bertz CT molecular complexity index is 338. The lowest BCUT2D eigenvalue weighted by Crippen LogP contribution is -2.35. The number of nitrogens with one attached hydrogen (secondary N) is 2. The maximum absolute atomic E-state index is 4.44. The standard InChI is InChI=1S/C11H20N4S.HI/c1-9-8-16-10(15-9)6-4-5-7-14-11(12-2)13-3;/h8H,4-7H2,1-3H3,(H2,12,13,14);1H. The molecule has 0 aliphatic carbocycles. The third kappa shape index (κ3) is 6.82. The number of hydrogen-bond donors (Lipinski definition) is 2. The topological polar surface area (TPSA) is 49.3 Å². The quantitative estimate of drug-likeness (QED) is 0.363. The Morgan fingerprint density at radius 3 is 2.76 bits per heavy atom. The number of aromatic nitrogens is 1. The fraction of sp³-hybridized carbons (Fsp3) is 0.636. The highest BCUT2D eigenvalue weighted by Gasteiger charge is 1.98. The smallest absolute Gasteiger partial charge is 0.190 e. The molecular weight excluding hydrogens is 347 g/mol. The lowest BCUT2D eigenvalue weighted by Gasteiger charge is -2.07. The van der Waals surface area contributed by atoms with Crippen LogP contribution in [0.3, 0.4) is 0 Å². The molecule has 0 saturated carbocycles. The molecule has 0 atom stereocenters. The van der Waals surface area contributed by atoms with E-state index in [1.54, 1.807) is 18.4 Å². The van der Waals surface area contributed by atoms with Crippen LogP contribution in [0.15, 0.2) is 10.4 Å². The number of hydrogen-bond acceptors (Lipinski definition) is 3. The molecule has 0 fully saturated rings. The second-order valence-corrected chi connectivity index (χ2v) is 4.53. The van der Waals surface area contributed by atoms with Crippen LogP contribution in [0.5, 0.6) is 0 Å². The second kappa shape index (κ2) is 9.64. The predicted octanol–water partition coefficient (Wildman–Crippen LogP) is 2.19. The number of guanidine groups is 1. The van der Waals surface area contributed by atoms with Gasteiger partial charge in [0.15, 0.2) is 5.96 Å². The average molecular weight is 368 g/mol. The van der Waals surface area contributed by atoms with Gasteiger partial charge < -0.3 is 10.6 Å². The molecule has 0 radical (unpaired) electrons. The molecule has 0 bridgehead atoms. The molecule has 17 heavy (non-hydrogen) atoms. The van der Waals surface area contributed by atoms with Crippen LogP contribution in [0.4, 0.5) is 0 Å². The maximum Gasteiger partial charge on any atom is 0.190 e. The minimum atomic E-state index is 0. The van der Waals surface area contributed by atoms with Crippen LogP contribution in [0, 0.1) is 6.92 Å². The van der Waals surface area contributed by atoms with E-state index in [0.29, 0.717) is 0 Å². The highest BCUT2D eigenvalue weighted by Crippen LogP contribution is 2.11. The van der Waals surface area contributed by atoms with Gasteiger partial charge in [-0.2, -0.15) is 0 Å². The first-order valence-corrected chi connectivity index (χ1v) is 6.43. The van der Waals surface area contributed by atoms with E-state index < -0.39 is 0 Å². The van der Waals surface area contributed by atoms with Gasteiger partial charge in [-0.1, -0.05) is 0 Å². The Labute approximate surface area is 124 Å². The van der Waals surface area contributed by atoms with E-state index in [0.717, 1.165) is 31.0 Å². The summed E-state index contributed by atoms with van der Waals surface area (Å²) in [5.41, 5.74) is 1.13. The fourth-order valence-corrected chi connectivity index (χ4v) is 2.22. The van der Waals surface area contributed by atoms with Crippen LogP contribution in [0.1, 0.15) is 23.5 Å². The van der Waals surface area contributed by atoms with E-state index in [-0.39, 0.29) is 24.0 Å². The van der Waals surface area contributed by atoms with Gasteiger partial charge in [0, 0.05) is 31.7 Å². The van der Waals surface area contributed by atoms with Crippen LogP contribution in [0.2, 0.25) is 0 Å². The monoisotopic (exact) mass is 368 g/mol. The van der Waals surface area contributed by atoms with Gasteiger partial charge in [-0.3, -0.25) is 4.99 Å². The highest BCUT2D eigenvalue weighted by atomic mass is 127. The molecule has 4 nitrogen and oxygen atoms in total. The van der Waals surface area contributed by atoms with Gasteiger partial charge in [0.05, 0.1) is 5.01 Å². The first-order valence-electron chi connectivity index (χ1n) is 5.55. The maximum atomic E-state index is 4.44. The largest absolute Gasteiger partial charge is 0.359 e. The van der Waals surface area contributed by atoms with Crippen molar-refractivity contribution in [2.45, 2.75) is 26.2 Å². The molecule has 98 valence electrons. The predicted molar refractivity (Wildman–Crippen MR) is 85.6 cm³/mol. The number of aryl methyl sites for hydroxylation is 2. The summed E-state index contributed by atoms with van der Waals surface area (Å²) >= 11 is 1.76. The van der Waals surface area contributed by atoms with Crippen molar-refractivity contribution >= 4 is 41.3 Å². The minimum Gasteiger partial charge on any atom is -0.359 e. The lowest BCUT2D eigenvalue weighted by atomic mass is 10.2. The molecule has 1 heterocycles. The SMILES string of the molecule is CN=C(NC)NCCCCc1nc(C)cs1.I. The number of halogens is 1. The highest BCUT2D eigenvalue weighted by molar-refractivity contribution is 14.0. The van der Waals surface area contributed by atoms with Gasteiger partial charge in [-0.25, -0.2) is 4.98 Å². The summed E-state index contributed by atoms with van der Waals surface area (Å²) in [6, 6.07) is 0. The van der Waals surface area contributed by atoms with E-state index in [2.05, 4.69) is 26.0 Å². The summed E-state index contributed by atoms with van der Waals surface area (Å²) in [5, 5.41) is 9.58.